The van der Waals surface area contributed by atoms with Gasteiger partial charge in [0.2, 0.25) is 0 Å². The maximum absolute atomic E-state index is 13.3. The van der Waals surface area contributed by atoms with Gasteiger partial charge >= 0.3 is 0 Å². The van der Waals surface area contributed by atoms with Crippen molar-refractivity contribution in [3.63, 3.8) is 0 Å². The van der Waals surface area contributed by atoms with Gasteiger partial charge in [-0.15, -0.1) is 0 Å². The van der Waals surface area contributed by atoms with Crippen molar-refractivity contribution in [2.24, 2.45) is 0 Å². The normalized spacial score (nSPS) is 19.4. The van der Waals surface area contributed by atoms with Gasteiger partial charge < -0.3 is 14.3 Å². The first-order chi connectivity index (χ1) is 13.5. The van der Waals surface area contributed by atoms with Crippen molar-refractivity contribution >= 4 is 5.91 Å². The fourth-order valence-electron chi connectivity index (χ4n) is 3.88. The molecular formula is C22H22FN3O2. The third-order valence-electron chi connectivity index (χ3n) is 5.38. The molecule has 0 N–H and O–H groups in total. The molecule has 0 bridgehead atoms. The predicted molar refractivity (Wildman–Crippen MR) is 104 cm³/mol. The van der Waals surface area contributed by atoms with E-state index < -0.39 is 0 Å². The number of likely N-dealkylation sites (tertiary alicyclic amines) is 1. The number of aromatic nitrogens is 1. The molecule has 144 valence electrons. The SMILES string of the molecule is CN(C)[C@H]1CN(C(=O)c2conc2-c2ccccc2)C[C@@H]1c1ccc(F)cc1. The highest BCUT2D eigenvalue weighted by Gasteiger charge is 2.38. The van der Waals surface area contributed by atoms with Gasteiger partial charge in [0.25, 0.3) is 5.91 Å². The highest BCUT2D eigenvalue weighted by atomic mass is 19.1. The zero-order chi connectivity index (χ0) is 19.7. The first-order valence-electron chi connectivity index (χ1n) is 9.25. The van der Waals surface area contributed by atoms with Crippen LogP contribution >= 0.6 is 0 Å². The van der Waals surface area contributed by atoms with Crippen LogP contribution in [-0.4, -0.2) is 54.1 Å². The summed E-state index contributed by atoms with van der Waals surface area (Å²) in [7, 11) is 4.01. The van der Waals surface area contributed by atoms with Crippen LogP contribution in [0.1, 0.15) is 21.8 Å². The summed E-state index contributed by atoms with van der Waals surface area (Å²) >= 11 is 0. The van der Waals surface area contributed by atoms with E-state index in [4.69, 9.17) is 4.52 Å². The minimum Gasteiger partial charge on any atom is -0.363 e. The summed E-state index contributed by atoms with van der Waals surface area (Å²) in [6.07, 6.45) is 1.42. The molecule has 1 aliphatic rings. The van der Waals surface area contributed by atoms with Crippen molar-refractivity contribution < 1.29 is 13.7 Å². The topological polar surface area (TPSA) is 49.6 Å². The van der Waals surface area contributed by atoms with Crippen LogP contribution in [0.3, 0.4) is 0 Å². The molecule has 0 unspecified atom stereocenters. The summed E-state index contributed by atoms with van der Waals surface area (Å²) in [6, 6.07) is 16.2. The van der Waals surface area contributed by atoms with Crippen molar-refractivity contribution in [3.05, 3.63) is 77.8 Å². The van der Waals surface area contributed by atoms with Crippen molar-refractivity contribution in [2.45, 2.75) is 12.0 Å². The van der Waals surface area contributed by atoms with Crippen LogP contribution < -0.4 is 0 Å². The van der Waals surface area contributed by atoms with Gasteiger partial charge in [-0.2, -0.15) is 0 Å². The zero-order valence-corrected chi connectivity index (χ0v) is 15.9. The Morgan fingerprint density at radius 3 is 2.50 bits per heavy atom. The van der Waals surface area contributed by atoms with Crippen LogP contribution in [0.15, 0.2) is 65.4 Å². The molecule has 0 saturated carbocycles. The standard InChI is InChI=1S/C22H22FN3O2/c1-25(2)20-13-26(12-18(20)15-8-10-17(23)11-9-15)22(27)19-14-28-24-21(19)16-6-4-3-5-7-16/h3-11,14,18,20H,12-13H2,1-2H3/t18-,20+/m1/s1. The largest absolute Gasteiger partial charge is 0.363 e. The molecule has 28 heavy (non-hydrogen) atoms. The third-order valence-corrected chi connectivity index (χ3v) is 5.38. The molecule has 1 aliphatic heterocycles. The van der Waals surface area contributed by atoms with E-state index in [0.717, 1.165) is 11.1 Å². The van der Waals surface area contributed by atoms with Crippen LogP contribution in [-0.2, 0) is 0 Å². The van der Waals surface area contributed by atoms with E-state index in [-0.39, 0.29) is 23.7 Å². The lowest BCUT2D eigenvalue weighted by Crippen LogP contribution is -2.35. The monoisotopic (exact) mass is 379 g/mol. The number of halogens is 1. The summed E-state index contributed by atoms with van der Waals surface area (Å²) in [4.78, 5) is 17.2. The first-order valence-corrected chi connectivity index (χ1v) is 9.25. The van der Waals surface area contributed by atoms with Crippen molar-refractivity contribution in [3.8, 4) is 11.3 Å². The van der Waals surface area contributed by atoms with E-state index in [1.54, 1.807) is 12.1 Å². The number of carbonyl (C=O) groups excluding carboxylic acids is 1. The number of nitrogens with zero attached hydrogens (tertiary/aromatic N) is 3. The van der Waals surface area contributed by atoms with E-state index in [1.807, 2.05) is 49.3 Å². The Morgan fingerprint density at radius 1 is 1.11 bits per heavy atom. The number of rotatable bonds is 4. The molecule has 2 atom stereocenters. The van der Waals surface area contributed by atoms with Crippen molar-refractivity contribution in [1.29, 1.82) is 0 Å². The van der Waals surface area contributed by atoms with Gasteiger partial charge in [-0.1, -0.05) is 47.6 Å². The van der Waals surface area contributed by atoms with Crippen LogP contribution in [0.25, 0.3) is 11.3 Å². The average molecular weight is 379 g/mol. The van der Waals surface area contributed by atoms with Gasteiger partial charge in [0.05, 0.1) is 0 Å². The second kappa shape index (κ2) is 7.56. The lowest BCUT2D eigenvalue weighted by atomic mass is 9.94. The number of amides is 1. The van der Waals surface area contributed by atoms with E-state index in [9.17, 15) is 9.18 Å². The molecular weight excluding hydrogens is 357 g/mol. The molecule has 0 spiro atoms. The average Bonchev–Trinajstić information content (AvgIpc) is 3.36. The number of benzene rings is 2. The fourth-order valence-corrected chi connectivity index (χ4v) is 3.88. The molecule has 1 fully saturated rings. The molecule has 2 heterocycles. The lowest BCUT2D eigenvalue weighted by molar-refractivity contribution is 0.0782. The number of hydrogen-bond acceptors (Lipinski definition) is 4. The van der Waals surface area contributed by atoms with E-state index >= 15 is 0 Å². The highest BCUT2D eigenvalue weighted by Crippen LogP contribution is 2.32. The van der Waals surface area contributed by atoms with E-state index in [0.29, 0.717) is 24.3 Å². The van der Waals surface area contributed by atoms with Crippen LogP contribution in [0.5, 0.6) is 0 Å². The smallest absolute Gasteiger partial charge is 0.259 e. The van der Waals surface area contributed by atoms with Gasteiger partial charge in [0.1, 0.15) is 23.3 Å². The number of likely N-dealkylation sites (N-methyl/N-ethyl adjacent to an activating group) is 1. The Hall–Kier alpha value is -2.99. The fraction of sp³-hybridized carbons (Fsp3) is 0.273. The van der Waals surface area contributed by atoms with Crippen LogP contribution in [0.4, 0.5) is 4.39 Å². The minimum absolute atomic E-state index is 0.100. The molecule has 0 aliphatic carbocycles. The second-order valence-corrected chi connectivity index (χ2v) is 7.34. The Morgan fingerprint density at radius 2 is 1.82 bits per heavy atom. The maximum Gasteiger partial charge on any atom is 0.259 e. The highest BCUT2D eigenvalue weighted by molar-refractivity contribution is 5.99. The summed E-state index contributed by atoms with van der Waals surface area (Å²) in [5.41, 5.74) is 2.89. The zero-order valence-electron chi connectivity index (χ0n) is 15.9. The Kier molecular flexibility index (Phi) is 4.96. The summed E-state index contributed by atoms with van der Waals surface area (Å²) in [5.74, 6) is -0.246. The number of carbonyl (C=O) groups is 1. The minimum atomic E-state index is -0.256. The molecule has 1 saturated heterocycles. The Bertz CT molecular complexity index is 953. The molecule has 2 aromatic carbocycles. The van der Waals surface area contributed by atoms with Crippen molar-refractivity contribution in [2.75, 3.05) is 27.2 Å². The third kappa shape index (κ3) is 3.43. The molecule has 4 rings (SSSR count). The van der Waals surface area contributed by atoms with Crippen molar-refractivity contribution in [1.82, 2.24) is 15.0 Å². The molecule has 0 radical (unpaired) electrons. The maximum atomic E-state index is 13.3. The van der Waals surface area contributed by atoms with Gasteiger partial charge in [0, 0.05) is 30.6 Å². The van der Waals surface area contributed by atoms with Gasteiger partial charge in [-0.3, -0.25) is 4.79 Å². The van der Waals surface area contributed by atoms with Gasteiger partial charge in [-0.25, -0.2) is 4.39 Å². The number of hydrogen-bond donors (Lipinski definition) is 0. The molecule has 1 amide bonds. The second-order valence-electron chi connectivity index (χ2n) is 7.34. The predicted octanol–water partition coefficient (Wildman–Crippen LogP) is 3.65. The molecule has 1 aromatic heterocycles. The summed E-state index contributed by atoms with van der Waals surface area (Å²) in [6.45, 7) is 1.15. The van der Waals surface area contributed by atoms with Gasteiger partial charge in [0.15, 0.2) is 0 Å². The lowest BCUT2D eigenvalue weighted by Gasteiger charge is -2.25. The van der Waals surface area contributed by atoms with E-state index in [2.05, 4.69) is 10.1 Å². The first kappa shape index (κ1) is 18.4. The van der Waals surface area contributed by atoms with Gasteiger partial charge in [-0.05, 0) is 31.8 Å². The molecule has 5 nitrogen and oxygen atoms in total. The van der Waals surface area contributed by atoms with Crippen LogP contribution in [0, 0.1) is 5.82 Å². The summed E-state index contributed by atoms with van der Waals surface area (Å²) in [5, 5.41) is 4.05. The molecule has 3 aromatic rings. The van der Waals surface area contributed by atoms with E-state index in [1.165, 1.54) is 18.4 Å². The summed E-state index contributed by atoms with van der Waals surface area (Å²) < 4.78 is 18.5. The van der Waals surface area contributed by atoms with Crippen LogP contribution in [0.2, 0.25) is 0 Å². The molecule has 6 heteroatoms. The Balaban J connectivity index is 1.61. The quantitative estimate of drug-likeness (QED) is 0.694. The Labute approximate surface area is 163 Å².